The lowest BCUT2D eigenvalue weighted by molar-refractivity contribution is 0.949. The molecule has 0 radical (unpaired) electrons. The second kappa shape index (κ2) is 6.70. The molecule has 1 N–H and O–H groups in total. The van der Waals surface area contributed by atoms with Crippen molar-refractivity contribution in [2.75, 3.05) is 11.9 Å². The zero-order chi connectivity index (χ0) is 15.4. The normalized spacial score (nSPS) is 10.7. The third-order valence-corrected chi connectivity index (χ3v) is 3.76. The van der Waals surface area contributed by atoms with E-state index in [4.69, 9.17) is 0 Å². The number of anilines is 1. The van der Waals surface area contributed by atoms with Gasteiger partial charge in [-0.3, -0.25) is 0 Å². The Morgan fingerprint density at radius 3 is 2.24 bits per heavy atom. The molecule has 3 nitrogen and oxygen atoms in total. The predicted octanol–water partition coefficient (Wildman–Crippen LogP) is 4.45. The van der Waals surface area contributed by atoms with Crippen LogP contribution in [0.2, 0.25) is 0 Å². The van der Waals surface area contributed by atoms with E-state index in [2.05, 4.69) is 62.0 Å². The Kier molecular flexibility index (Phi) is 4.94. The Balaban J connectivity index is 2.59. The highest BCUT2D eigenvalue weighted by Crippen LogP contribution is 2.32. The van der Waals surface area contributed by atoms with Gasteiger partial charge in [0, 0.05) is 17.7 Å². The minimum Gasteiger partial charge on any atom is -0.370 e. The highest BCUT2D eigenvalue weighted by Gasteiger charge is 2.15. The van der Waals surface area contributed by atoms with E-state index in [1.54, 1.807) is 6.33 Å². The van der Waals surface area contributed by atoms with Crippen molar-refractivity contribution in [2.45, 2.75) is 47.5 Å². The van der Waals surface area contributed by atoms with Gasteiger partial charge in [-0.1, -0.05) is 31.5 Å². The number of hydrogen-bond acceptors (Lipinski definition) is 3. The smallest absolute Gasteiger partial charge is 0.133 e. The molecule has 21 heavy (non-hydrogen) atoms. The highest BCUT2D eigenvalue weighted by atomic mass is 15.0. The highest BCUT2D eigenvalue weighted by molar-refractivity contribution is 5.74. The van der Waals surface area contributed by atoms with Crippen LogP contribution in [0.3, 0.4) is 0 Å². The van der Waals surface area contributed by atoms with Crippen molar-refractivity contribution in [1.82, 2.24) is 9.97 Å². The Labute approximate surface area is 127 Å². The number of rotatable bonds is 5. The minimum absolute atomic E-state index is 0.926. The summed E-state index contributed by atoms with van der Waals surface area (Å²) in [4.78, 5) is 9.02. The Bertz CT molecular complexity index is 609. The molecule has 1 aromatic heterocycles. The SMILES string of the molecule is CCCNc1ncnc(-c2c(C)cc(C)cc2C)c1CC. The average molecular weight is 283 g/mol. The number of aryl methyl sites for hydroxylation is 3. The molecule has 1 heterocycles. The van der Waals surface area contributed by atoms with Gasteiger partial charge in [0.1, 0.15) is 12.1 Å². The maximum Gasteiger partial charge on any atom is 0.133 e. The summed E-state index contributed by atoms with van der Waals surface area (Å²) in [6.07, 6.45) is 3.69. The number of nitrogens with zero attached hydrogens (tertiary/aromatic N) is 2. The van der Waals surface area contributed by atoms with Gasteiger partial charge >= 0.3 is 0 Å². The van der Waals surface area contributed by atoms with Crippen LogP contribution in [-0.4, -0.2) is 16.5 Å². The predicted molar refractivity (Wildman–Crippen MR) is 89.8 cm³/mol. The number of benzene rings is 1. The van der Waals surface area contributed by atoms with Crippen LogP contribution in [0.25, 0.3) is 11.3 Å². The third kappa shape index (κ3) is 3.23. The van der Waals surface area contributed by atoms with Gasteiger partial charge in [0.05, 0.1) is 5.69 Å². The van der Waals surface area contributed by atoms with Crippen molar-refractivity contribution in [3.63, 3.8) is 0 Å². The van der Waals surface area contributed by atoms with E-state index in [9.17, 15) is 0 Å². The fourth-order valence-corrected chi connectivity index (χ4v) is 2.91. The van der Waals surface area contributed by atoms with Gasteiger partial charge in [-0.2, -0.15) is 0 Å². The van der Waals surface area contributed by atoms with Gasteiger partial charge in [-0.05, 0) is 44.7 Å². The molecule has 0 unspecified atom stereocenters. The van der Waals surface area contributed by atoms with Crippen molar-refractivity contribution in [2.24, 2.45) is 0 Å². The summed E-state index contributed by atoms with van der Waals surface area (Å²) in [7, 11) is 0. The molecule has 0 fully saturated rings. The molecule has 0 bridgehead atoms. The van der Waals surface area contributed by atoms with Gasteiger partial charge in [0.2, 0.25) is 0 Å². The van der Waals surface area contributed by atoms with Crippen LogP contribution >= 0.6 is 0 Å². The summed E-state index contributed by atoms with van der Waals surface area (Å²) in [6, 6.07) is 4.45. The van der Waals surface area contributed by atoms with E-state index >= 15 is 0 Å². The van der Waals surface area contributed by atoms with Crippen molar-refractivity contribution in [1.29, 1.82) is 0 Å². The number of aromatic nitrogens is 2. The first-order chi connectivity index (χ1) is 10.1. The molecule has 0 aliphatic rings. The fraction of sp³-hybridized carbons (Fsp3) is 0.444. The van der Waals surface area contributed by atoms with Crippen LogP contribution in [0.4, 0.5) is 5.82 Å². The Morgan fingerprint density at radius 2 is 1.67 bits per heavy atom. The van der Waals surface area contributed by atoms with E-state index in [-0.39, 0.29) is 0 Å². The maximum atomic E-state index is 4.59. The van der Waals surface area contributed by atoms with Gasteiger partial charge in [-0.15, -0.1) is 0 Å². The monoisotopic (exact) mass is 283 g/mol. The largest absolute Gasteiger partial charge is 0.370 e. The molecule has 1 aromatic carbocycles. The molecule has 2 aromatic rings. The van der Waals surface area contributed by atoms with Crippen molar-refractivity contribution in [3.05, 3.63) is 40.7 Å². The summed E-state index contributed by atoms with van der Waals surface area (Å²) < 4.78 is 0. The Hall–Kier alpha value is -1.90. The van der Waals surface area contributed by atoms with Gasteiger partial charge in [-0.25, -0.2) is 9.97 Å². The second-order valence-electron chi connectivity index (χ2n) is 5.60. The van der Waals surface area contributed by atoms with Crippen LogP contribution in [-0.2, 0) is 6.42 Å². The molecular formula is C18H25N3. The molecule has 3 heteroatoms. The zero-order valence-corrected chi connectivity index (χ0v) is 13.7. The molecule has 0 atom stereocenters. The molecular weight excluding hydrogens is 258 g/mol. The standard InChI is InChI=1S/C18H25N3/c1-6-8-19-18-15(7-2)17(20-11-21-18)16-13(4)9-12(3)10-14(16)5/h9-11H,6-8H2,1-5H3,(H,19,20,21). The summed E-state index contributed by atoms with van der Waals surface area (Å²) in [5.74, 6) is 0.976. The Morgan fingerprint density at radius 1 is 1.00 bits per heavy atom. The fourth-order valence-electron chi connectivity index (χ4n) is 2.91. The topological polar surface area (TPSA) is 37.8 Å². The van der Waals surface area contributed by atoms with Crippen molar-refractivity contribution < 1.29 is 0 Å². The summed E-state index contributed by atoms with van der Waals surface area (Å²) >= 11 is 0. The third-order valence-electron chi connectivity index (χ3n) is 3.76. The molecule has 0 aliphatic carbocycles. The van der Waals surface area contributed by atoms with Gasteiger partial charge < -0.3 is 5.32 Å². The van der Waals surface area contributed by atoms with Crippen molar-refractivity contribution in [3.8, 4) is 11.3 Å². The van der Waals surface area contributed by atoms with Crippen LogP contribution in [0.1, 0.15) is 42.5 Å². The van der Waals surface area contributed by atoms with Gasteiger partial charge in [0.25, 0.3) is 0 Å². The lowest BCUT2D eigenvalue weighted by Crippen LogP contribution is -2.08. The molecule has 112 valence electrons. The van der Waals surface area contributed by atoms with E-state index in [0.717, 1.165) is 30.9 Å². The van der Waals surface area contributed by atoms with E-state index in [0.29, 0.717) is 0 Å². The quantitative estimate of drug-likeness (QED) is 0.880. The van der Waals surface area contributed by atoms with E-state index < -0.39 is 0 Å². The van der Waals surface area contributed by atoms with E-state index in [1.165, 1.54) is 27.8 Å². The molecule has 2 rings (SSSR count). The first-order valence-corrected chi connectivity index (χ1v) is 7.74. The van der Waals surface area contributed by atoms with E-state index in [1.807, 2.05) is 0 Å². The van der Waals surface area contributed by atoms with Crippen LogP contribution in [0, 0.1) is 20.8 Å². The first kappa shape index (κ1) is 15.5. The average Bonchev–Trinajstić information content (AvgIpc) is 2.44. The summed E-state index contributed by atoms with van der Waals surface area (Å²) in [5.41, 5.74) is 7.39. The second-order valence-corrected chi connectivity index (χ2v) is 5.60. The van der Waals surface area contributed by atoms with Crippen molar-refractivity contribution >= 4 is 5.82 Å². The summed E-state index contributed by atoms with van der Waals surface area (Å²) in [5, 5.41) is 3.42. The lowest BCUT2D eigenvalue weighted by atomic mass is 9.94. The molecule has 0 saturated heterocycles. The van der Waals surface area contributed by atoms with Gasteiger partial charge in [0.15, 0.2) is 0 Å². The molecule has 0 amide bonds. The number of hydrogen-bond donors (Lipinski definition) is 1. The molecule has 0 spiro atoms. The first-order valence-electron chi connectivity index (χ1n) is 7.74. The van der Waals surface area contributed by atoms with Crippen LogP contribution < -0.4 is 5.32 Å². The minimum atomic E-state index is 0.926. The molecule has 0 aliphatic heterocycles. The lowest BCUT2D eigenvalue weighted by Gasteiger charge is -2.16. The zero-order valence-electron chi connectivity index (χ0n) is 13.7. The molecule has 0 saturated carbocycles. The van der Waals surface area contributed by atoms with Crippen LogP contribution in [0.5, 0.6) is 0 Å². The maximum absolute atomic E-state index is 4.59. The van der Waals surface area contributed by atoms with Crippen LogP contribution in [0.15, 0.2) is 18.5 Å². The number of nitrogens with one attached hydrogen (secondary N) is 1. The summed E-state index contributed by atoms with van der Waals surface area (Å²) in [6.45, 7) is 11.7.